The molecule has 1 unspecified atom stereocenters. The molecule has 0 radical (unpaired) electrons. The zero-order valence-electron chi connectivity index (χ0n) is 21.2. The number of nitrogens with zero attached hydrogens (tertiary/aromatic N) is 1. The van der Waals surface area contributed by atoms with Crippen LogP contribution in [0.5, 0.6) is 11.5 Å². The smallest absolute Gasteiger partial charge is 0.294 e. The van der Waals surface area contributed by atoms with Crippen molar-refractivity contribution in [1.29, 1.82) is 0 Å². The Morgan fingerprint density at radius 2 is 1.82 bits per heavy atom. The van der Waals surface area contributed by atoms with Gasteiger partial charge in [0.1, 0.15) is 18.4 Å². The lowest BCUT2D eigenvalue weighted by atomic mass is 10.00. The summed E-state index contributed by atoms with van der Waals surface area (Å²) in [5.74, 6) is -0.972. The summed E-state index contributed by atoms with van der Waals surface area (Å²) in [6.07, 6.45) is 0. The summed E-state index contributed by atoms with van der Waals surface area (Å²) in [6, 6.07) is 24.3. The molecule has 0 fully saturated rings. The van der Waals surface area contributed by atoms with Crippen molar-refractivity contribution in [3.8, 4) is 11.5 Å². The highest BCUT2D eigenvalue weighted by molar-refractivity contribution is 7.10. The van der Waals surface area contributed by atoms with Crippen LogP contribution in [0.3, 0.4) is 0 Å². The monoisotopic (exact) mass is 571 g/mol. The second kappa shape index (κ2) is 10.6. The number of halogens is 1. The van der Waals surface area contributed by atoms with Gasteiger partial charge in [0.15, 0.2) is 22.9 Å². The summed E-state index contributed by atoms with van der Waals surface area (Å²) in [6.45, 7) is 0.398. The van der Waals surface area contributed by atoms with E-state index in [1.54, 1.807) is 36.4 Å². The first-order valence-corrected chi connectivity index (χ1v) is 13.6. The molecular weight excluding hydrogens is 550 g/mol. The van der Waals surface area contributed by atoms with Gasteiger partial charge in [-0.3, -0.25) is 14.5 Å². The fraction of sp³-hybridized carbons (Fsp3) is 0.0968. The number of furan rings is 1. The van der Waals surface area contributed by atoms with Crippen molar-refractivity contribution in [3.63, 3.8) is 0 Å². The van der Waals surface area contributed by atoms with Gasteiger partial charge in [-0.2, -0.15) is 0 Å². The fourth-order valence-electron chi connectivity index (χ4n) is 4.75. The van der Waals surface area contributed by atoms with Gasteiger partial charge in [0.2, 0.25) is 5.78 Å². The largest absolute Gasteiger partial charge is 0.503 e. The minimum Gasteiger partial charge on any atom is -0.503 e. The first kappa shape index (κ1) is 25.7. The molecule has 1 amide bonds. The number of benzene rings is 3. The Balaban J connectivity index is 1.34. The van der Waals surface area contributed by atoms with E-state index in [9.17, 15) is 14.7 Å². The topological polar surface area (TPSA) is 89.2 Å². The molecule has 1 aliphatic rings. The van der Waals surface area contributed by atoms with Crippen LogP contribution in [0.4, 0.5) is 5.69 Å². The molecule has 6 rings (SSSR count). The Labute approximate surface area is 238 Å². The lowest BCUT2D eigenvalue weighted by molar-refractivity contribution is -0.117. The molecule has 200 valence electrons. The van der Waals surface area contributed by atoms with Crippen LogP contribution >= 0.6 is 22.9 Å². The van der Waals surface area contributed by atoms with Gasteiger partial charge in [-0.05, 0) is 53.4 Å². The molecule has 5 aromatic rings. The number of rotatable bonds is 8. The van der Waals surface area contributed by atoms with E-state index in [2.05, 4.69) is 0 Å². The Bertz CT molecular complexity index is 1740. The lowest BCUT2D eigenvalue weighted by Crippen LogP contribution is -2.30. The molecule has 1 atom stereocenters. The van der Waals surface area contributed by atoms with Gasteiger partial charge < -0.3 is 19.0 Å². The molecule has 40 heavy (non-hydrogen) atoms. The number of fused-ring (bicyclic) bond motifs is 1. The average molecular weight is 572 g/mol. The van der Waals surface area contributed by atoms with E-state index in [1.165, 1.54) is 29.4 Å². The molecule has 1 N–H and O–H groups in total. The summed E-state index contributed by atoms with van der Waals surface area (Å²) in [5, 5.41) is 13.9. The molecule has 0 bridgehead atoms. The van der Waals surface area contributed by atoms with E-state index < -0.39 is 23.5 Å². The summed E-state index contributed by atoms with van der Waals surface area (Å²) in [4.78, 5) is 29.4. The summed E-state index contributed by atoms with van der Waals surface area (Å²) >= 11 is 7.56. The Morgan fingerprint density at radius 1 is 1.05 bits per heavy atom. The van der Waals surface area contributed by atoms with Crippen molar-refractivity contribution in [2.75, 3.05) is 12.0 Å². The molecular formula is C31H22ClNO6S. The standard InChI is InChI=1S/C31H22ClNO6S/c1-37-24-16-20(32)14-19-15-23(39-30(19)24)28(34)26-27(25-8-5-13-40-25)33(31(36)29(26)35)21-9-11-22(12-10-21)38-17-18-6-3-2-4-7-18/h2-16,27,35H,17H2,1H3. The number of ketones is 1. The number of methoxy groups -OCH3 is 1. The maximum absolute atomic E-state index is 13.8. The molecule has 2 aromatic heterocycles. The molecule has 1 aliphatic heterocycles. The highest BCUT2D eigenvalue weighted by Gasteiger charge is 2.46. The van der Waals surface area contributed by atoms with Gasteiger partial charge in [0, 0.05) is 27.0 Å². The van der Waals surface area contributed by atoms with Crippen LogP contribution in [0.2, 0.25) is 5.02 Å². The zero-order valence-corrected chi connectivity index (χ0v) is 22.7. The van der Waals surface area contributed by atoms with E-state index >= 15 is 0 Å². The predicted molar refractivity (Wildman–Crippen MR) is 154 cm³/mol. The Morgan fingerprint density at radius 3 is 2.52 bits per heavy atom. The fourth-order valence-corrected chi connectivity index (χ4v) is 5.79. The van der Waals surface area contributed by atoms with Gasteiger partial charge in [-0.25, -0.2) is 0 Å². The van der Waals surface area contributed by atoms with Crippen LogP contribution in [0.25, 0.3) is 11.0 Å². The van der Waals surface area contributed by atoms with E-state index in [0.717, 1.165) is 5.56 Å². The van der Waals surface area contributed by atoms with Crippen LogP contribution in [0.15, 0.2) is 106 Å². The minimum absolute atomic E-state index is 0.0435. The van der Waals surface area contributed by atoms with Crippen molar-refractivity contribution < 1.29 is 28.6 Å². The number of aliphatic hydroxyl groups is 1. The first-order chi connectivity index (χ1) is 19.4. The number of ether oxygens (including phenoxy) is 2. The quantitative estimate of drug-likeness (QED) is 0.194. The van der Waals surface area contributed by atoms with Crippen LogP contribution in [-0.4, -0.2) is 23.9 Å². The molecule has 9 heteroatoms. The maximum atomic E-state index is 13.8. The average Bonchev–Trinajstić information content (AvgIpc) is 3.71. The molecule has 3 heterocycles. The predicted octanol–water partition coefficient (Wildman–Crippen LogP) is 7.52. The molecule has 0 saturated heterocycles. The number of thiophene rings is 1. The van der Waals surface area contributed by atoms with Gasteiger partial charge in [-0.15, -0.1) is 11.3 Å². The normalized spacial score (nSPS) is 15.2. The Kier molecular flexibility index (Phi) is 6.79. The minimum atomic E-state index is -0.852. The van der Waals surface area contributed by atoms with Crippen molar-refractivity contribution in [2.45, 2.75) is 12.6 Å². The van der Waals surface area contributed by atoms with E-state index in [0.29, 0.717) is 44.7 Å². The second-order valence-electron chi connectivity index (χ2n) is 9.09. The van der Waals surface area contributed by atoms with Crippen LogP contribution in [0, 0.1) is 0 Å². The van der Waals surface area contributed by atoms with Gasteiger partial charge in [0.05, 0.1) is 12.7 Å². The third-order valence-electron chi connectivity index (χ3n) is 6.62. The number of hydrogen-bond donors (Lipinski definition) is 1. The number of amides is 1. The van der Waals surface area contributed by atoms with E-state index in [4.69, 9.17) is 25.5 Å². The third-order valence-corrected chi connectivity index (χ3v) is 7.76. The highest BCUT2D eigenvalue weighted by atomic mass is 35.5. The molecule has 0 aliphatic carbocycles. The van der Waals surface area contributed by atoms with Gasteiger partial charge in [0.25, 0.3) is 5.91 Å². The Hall–Kier alpha value is -4.53. The van der Waals surface area contributed by atoms with Crippen LogP contribution in [0.1, 0.15) is 27.0 Å². The number of hydrogen-bond acceptors (Lipinski definition) is 7. The van der Waals surface area contributed by atoms with Gasteiger partial charge >= 0.3 is 0 Å². The van der Waals surface area contributed by atoms with Gasteiger partial charge in [-0.1, -0.05) is 48.0 Å². The number of Topliss-reactive ketones (excluding diaryl/α,β-unsaturated/α-hetero) is 1. The molecule has 0 saturated carbocycles. The lowest BCUT2D eigenvalue weighted by Gasteiger charge is -2.25. The zero-order chi connectivity index (χ0) is 27.8. The summed E-state index contributed by atoms with van der Waals surface area (Å²) in [5.41, 5.74) is 1.81. The summed E-state index contributed by atoms with van der Waals surface area (Å²) in [7, 11) is 1.47. The molecule has 3 aromatic carbocycles. The van der Waals surface area contributed by atoms with E-state index in [-0.39, 0.29) is 11.3 Å². The molecule has 0 spiro atoms. The van der Waals surface area contributed by atoms with Crippen molar-refractivity contribution in [2.24, 2.45) is 0 Å². The van der Waals surface area contributed by atoms with Crippen LogP contribution in [-0.2, 0) is 11.4 Å². The third kappa shape index (κ3) is 4.61. The molecule has 7 nitrogen and oxygen atoms in total. The maximum Gasteiger partial charge on any atom is 0.294 e. The number of anilines is 1. The van der Waals surface area contributed by atoms with Crippen molar-refractivity contribution in [3.05, 3.63) is 123 Å². The first-order valence-electron chi connectivity index (χ1n) is 12.3. The van der Waals surface area contributed by atoms with Crippen molar-refractivity contribution in [1.82, 2.24) is 0 Å². The van der Waals surface area contributed by atoms with Crippen molar-refractivity contribution >= 4 is 51.3 Å². The number of carbonyl (C=O) groups excluding carboxylic acids is 2. The number of aliphatic hydroxyl groups excluding tert-OH is 1. The second-order valence-corrected chi connectivity index (χ2v) is 10.5. The van der Waals surface area contributed by atoms with E-state index in [1.807, 2.05) is 47.8 Å². The number of carbonyl (C=O) groups is 2. The van der Waals surface area contributed by atoms with Crippen LogP contribution < -0.4 is 14.4 Å². The highest BCUT2D eigenvalue weighted by Crippen LogP contribution is 2.44. The summed E-state index contributed by atoms with van der Waals surface area (Å²) < 4.78 is 17.1. The SMILES string of the molecule is COc1cc(Cl)cc2cc(C(=O)C3=C(O)C(=O)N(c4ccc(OCc5ccccc5)cc4)C3c3cccs3)oc12.